The lowest BCUT2D eigenvalue weighted by atomic mass is 10.4. The molecule has 0 aliphatic carbocycles. The number of nitrogens with zero attached hydrogens (tertiary/aromatic N) is 3. The normalized spacial score (nSPS) is 10.4. The van der Waals surface area contributed by atoms with Crippen LogP contribution >= 0.6 is 11.6 Å². The Bertz CT molecular complexity index is 570. The largest absolute Gasteiger partial charge is 0.288 e. The second-order valence-corrected chi connectivity index (χ2v) is 3.33. The van der Waals surface area contributed by atoms with Crippen molar-refractivity contribution in [3.63, 3.8) is 0 Å². The van der Waals surface area contributed by atoms with Crippen LogP contribution < -0.4 is 5.43 Å². The molecule has 2 heterocycles. The fraction of sp³-hybridized carbons (Fsp3) is 0.100. The van der Waals surface area contributed by atoms with Crippen molar-refractivity contribution < 1.29 is 4.39 Å². The molecule has 0 aromatic carbocycles. The minimum Gasteiger partial charge on any atom is -0.288 e. The monoisotopic (exact) mass is 239 g/mol. The van der Waals surface area contributed by atoms with E-state index in [-0.39, 0.29) is 17.0 Å². The molecular weight excluding hydrogens is 233 g/mol. The van der Waals surface area contributed by atoms with Gasteiger partial charge in [-0.3, -0.25) is 9.78 Å². The van der Waals surface area contributed by atoms with Crippen molar-refractivity contribution in [2.75, 3.05) is 0 Å². The molecule has 0 aliphatic heterocycles. The highest BCUT2D eigenvalue weighted by atomic mass is 35.5. The Morgan fingerprint density at radius 2 is 2.25 bits per heavy atom. The Balaban J connectivity index is 2.52. The minimum absolute atomic E-state index is 0.0163. The van der Waals surface area contributed by atoms with E-state index in [4.69, 9.17) is 11.6 Å². The van der Waals surface area contributed by atoms with Crippen molar-refractivity contribution in [2.24, 2.45) is 0 Å². The van der Waals surface area contributed by atoms with Crippen LogP contribution in [-0.2, 0) is 5.88 Å². The van der Waals surface area contributed by atoms with E-state index in [2.05, 4.69) is 10.1 Å². The van der Waals surface area contributed by atoms with Crippen LogP contribution in [0.5, 0.6) is 0 Å². The van der Waals surface area contributed by atoms with Crippen LogP contribution in [-0.4, -0.2) is 14.8 Å². The second kappa shape index (κ2) is 4.40. The molecule has 2 aromatic rings. The van der Waals surface area contributed by atoms with E-state index < -0.39 is 5.82 Å². The summed E-state index contributed by atoms with van der Waals surface area (Å²) in [4.78, 5) is 14.9. The molecule has 2 aromatic heterocycles. The van der Waals surface area contributed by atoms with E-state index in [1.54, 1.807) is 0 Å². The van der Waals surface area contributed by atoms with E-state index in [1.807, 2.05) is 0 Å². The Morgan fingerprint density at radius 3 is 2.94 bits per heavy atom. The fourth-order valence-electron chi connectivity index (χ4n) is 1.21. The van der Waals surface area contributed by atoms with E-state index in [9.17, 15) is 9.18 Å². The van der Waals surface area contributed by atoms with Gasteiger partial charge in [-0.05, 0) is 0 Å². The summed E-state index contributed by atoms with van der Waals surface area (Å²) in [6.07, 6.45) is 3.97. The first kappa shape index (κ1) is 10.8. The van der Waals surface area contributed by atoms with Crippen LogP contribution in [0.2, 0.25) is 0 Å². The molecule has 16 heavy (non-hydrogen) atoms. The van der Waals surface area contributed by atoms with Crippen molar-refractivity contribution in [2.45, 2.75) is 5.88 Å². The summed E-state index contributed by atoms with van der Waals surface area (Å²) in [5, 5.41) is 3.97. The zero-order valence-corrected chi connectivity index (χ0v) is 8.86. The van der Waals surface area contributed by atoms with Crippen molar-refractivity contribution in [1.82, 2.24) is 14.8 Å². The van der Waals surface area contributed by atoms with Gasteiger partial charge in [0.05, 0.1) is 24.0 Å². The lowest BCUT2D eigenvalue weighted by molar-refractivity contribution is 0.617. The Morgan fingerprint density at radius 1 is 1.44 bits per heavy atom. The highest BCUT2D eigenvalue weighted by Gasteiger charge is 2.03. The first-order valence-corrected chi connectivity index (χ1v) is 5.00. The van der Waals surface area contributed by atoms with E-state index >= 15 is 0 Å². The van der Waals surface area contributed by atoms with E-state index in [1.165, 1.54) is 29.2 Å². The summed E-state index contributed by atoms with van der Waals surface area (Å²) in [6.45, 7) is 0. The van der Waals surface area contributed by atoms with Gasteiger partial charge in [0.2, 0.25) is 5.43 Å². The molecule has 2 rings (SSSR count). The number of hydrogen-bond donors (Lipinski definition) is 0. The van der Waals surface area contributed by atoms with Crippen molar-refractivity contribution in [1.29, 1.82) is 0 Å². The van der Waals surface area contributed by atoms with Gasteiger partial charge in [-0.1, -0.05) is 0 Å². The number of hydrogen-bond acceptors (Lipinski definition) is 3. The van der Waals surface area contributed by atoms with Gasteiger partial charge in [0.15, 0.2) is 0 Å². The number of halogens is 2. The Labute approximate surface area is 95.3 Å². The number of pyridine rings is 1. The Hall–Kier alpha value is -1.75. The molecule has 0 radical (unpaired) electrons. The maximum atomic E-state index is 12.9. The molecule has 0 saturated heterocycles. The highest BCUT2D eigenvalue weighted by Crippen LogP contribution is 2.05. The molecule has 0 bridgehead atoms. The first-order valence-electron chi connectivity index (χ1n) is 4.46. The summed E-state index contributed by atoms with van der Waals surface area (Å²) in [6, 6.07) is 2.60. The van der Waals surface area contributed by atoms with Crippen molar-refractivity contribution in [3.05, 3.63) is 52.5 Å². The zero-order chi connectivity index (χ0) is 11.5. The van der Waals surface area contributed by atoms with Gasteiger partial charge in [-0.25, -0.2) is 9.07 Å². The number of aromatic nitrogens is 3. The molecule has 6 heteroatoms. The number of rotatable bonds is 2. The SMILES string of the molecule is O=c1ccn(-c2cncc(F)c2)nc1CCl. The molecule has 0 atom stereocenters. The summed E-state index contributed by atoms with van der Waals surface area (Å²) in [7, 11) is 0. The Kier molecular flexibility index (Phi) is 2.96. The maximum absolute atomic E-state index is 12.9. The predicted octanol–water partition coefficient (Wildman–Crippen LogP) is 1.51. The zero-order valence-electron chi connectivity index (χ0n) is 8.10. The summed E-state index contributed by atoms with van der Waals surface area (Å²) in [5.41, 5.74) is 0.412. The topological polar surface area (TPSA) is 47.8 Å². The standard InChI is InChI=1S/C10H7ClFN3O/c11-4-9-10(16)1-2-15(14-9)8-3-7(12)5-13-6-8/h1-3,5-6H,4H2. The van der Waals surface area contributed by atoms with Gasteiger partial charge in [0.25, 0.3) is 0 Å². The van der Waals surface area contributed by atoms with Gasteiger partial charge in [0, 0.05) is 18.3 Å². The van der Waals surface area contributed by atoms with Gasteiger partial charge in [-0.15, -0.1) is 11.6 Å². The molecule has 82 valence electrons. The summed E-state index contributed by atoms with van der Waals surface area (Å²) >= 11 is 5.56. The average Bonchev–Trinajstić information content (AvgIpc) is 2.29. The van der Waals surface area contributed by atoms with Crippen LogP contribution in [0, 0.1) is 5.82 Å². The van der Waals surface area contributed by atoms with E-state index in [0.29, 0.717) is 5.69 Å². The minimum atomic E-state index is -0.467. The third kappa shape index (κ3) is 2.09. The number of alkyl halides is 1. The van der Waals surface area contributed by atoms with Gasteiger partial charge in [0.1, 0.15) is 11.5 Å². The average molecular weight is 240 g/mol. The smallest absolute Gasteiger partial charge is 0.204 e. The third-order valence-electron chi connectivity index (χ3n) is 1.96. The van der Waals surface area contributed by atoms with Crippen LogP contribution in [0.1, 0.15) is 5.69 Å². The molecule has 4 nitrogen and oxygen atoms in total. The molecule has 0 spiro atoms. The fourth-order valence-corrected chi connectivity index (χ4v) is 1.39. The molecule has 0 aliphatic rings. The molecule has 0 unspecified atom stereocenters. The van der Waals surface area contributed by atoms with Gasteiger partial charge in [-0.2, -0.15) is 5.10 Å². The van der Waals surface area contributed by atoms with Crippen LogP contribution in [0.4, 0.5) is 4.39 Å². The lowest BCUT2D eigenvalue weighted by Crippen LogP contribution is -2.14. The maximum Gasteiger partial charge on any atom is 0.204 e. The van der Waals surface area contributed by atoms with Crippen LogP contribution in [0.25, 0.3) is 5.69 Å². The second-order valence-electron chi connectivity index (χ2n) is 3.07. The van der Waals surface area contributed by atoms with E-state index in [0.717, 1.165) is 6.20 Å². The molecule has 0 saturated carbocycles. The third-order valence-corrected chi connectivity index (χ3v) is 2.21. The quantitative estimate of drug-likeness (QED) is 0.747. The predicted molar refractivity (Wildman–Crippen MR) is 57.1 cm³/mol. The first-order chi connectivity index (χ1) is 7.70. The molecule has 0 amide bonds. The van der Waals surface area contributed by atoms with Gasteiger partial charge >= 0.3 is 0 Å². The summed E-state index contributed by atoms with van der Waals surface area (Å²) in [5.74, 6) is -0.451. The lowest BCUT2D eigenvalue weighted by Gasteiger charge is -2.05. The van der Waals surface area contributed by atoms with Crippen molar-refractivity contribution >= 4 is 11.6 Å². The molecule has 0 fully saturated rings. The highest BCUT2D eigenvalue weighted by molar-refractivity contribution is 6.16. The summed E-state index contributed by atoms with van der Waals surface area (Å²) < 4.78 is 14.3. The van der Waals surface area contributed by atoms with Crippen molar-refractivity contribution in [3.8, 4) is 5.69 Å². The molecule has 0 N–H and O–H groups in total. The van der Waals surface area contributed by atoms with Crippen LogP contribution in [0.3, 0.4) is 0 Å². The van der Waals surface area contributed by atoms with Gasteiger partial charge < -0.3 is 0 Å². The molecular formula is C10H7ClFN3O. The van der Waals surface area contributed by atoms with Crippen LogP contribution in [0.15, 0.2) is 35.5 Å².